The molecule has 0 atom stereocenters. The molecule has 84 valence electrons. The van der Waals surface area contributed by atoms with Gasteiger partial charge in [0.2, 0.25) is 0 Å². The van der Waals surface area contributed by atoms with Crippen LogP contribution in [0.25, 0.3) is 0 Å². The molecule has 0 aromatic heterocycles. The maximum Gasteiger partial charge on any atom is 0.407 e. The maximum atomic E-state index is 10.5. The number of hydrogen-bond acceptors (Lipinski definition) is 2. The molecule has 3 nitrogen and oxygen atoms in total. The zero-order valence-corrected chi connectivity index (χ0v) is 9.85. The molecule has 0 radical (unpaired) electrons. The van der Waals surface area contributed by atoms with Crippen molar-refractivity contribution < 1.29 is 9.53 Å². The Morgan fingerprint density at radius 3 is 1.57 bits per heavy atom. The van der Waals surface area contributed by atoms with Gasteiger partial charge in [0.15, 0.2) is 0 Å². The monoisotopic (exact) mass is 201 g/mol. The van der Waals surface area contributed by atoms with Crippen molar-refractivity contribution in [3.05, 3.63) is 0 Å². The Kier molecular flexibility index (Phi) is 6.34. The zero-order valence-electron chi connectivity index (χ0n) is 9.85. The molecule has 0 aliphatic heterocycles. The van der Waals surface area contributed by atoms with Crippen molar-refractivity contribution in [1.82, 2.24) is 5.32 Å². The Morgan fingerprint density at radius 2 is 1.43 bits per heavy atom. The molecule has 0 spiro atoms. The van der Waals surface area contributed by atoms with Gasteiger partial charge in [-0.25, -0.2) is 4.79 Å². The standard InChI is InChI=1S/C6H13NO2.C5H10/c1-6(2,3)9-5(8)7-4;1-2-4-5-3-1/h1-4H3,(H,7,8);1-5H2. The predicted octanol–water partition coefficient (Wildman–Crippen LogP) is 3.09. The molecule has 0 aromatic carbocycles. The van der Waals surface area contributed by atoms with Gasteiger partial charge < -0.3 is 10.1 Å². The van der Waals surface area contributed by atoms with Crippen molar-refractivity contribution in [2.45, 2.75) is 58.5 Å². The van der Waals surface area contributed by atoms with E-state index >= 15 is 0 Å². The molecule has 1 amide bonds. The van der Waals surface area contributed by atoms with Crippen molar-refractivity contribution in [3.8, 4) is 0 Å². The highest BCUT2D eigenvalue weighted by atomic mass is 16.6. The fraction of sp³-hybridized carbons (Fsp3) is 0.909. The van der Waals surface area contributed by atoms with Gasteiger partial charge in [0, 0.05) is 7.05 Å². The molecule has 1 aliphatic carbocycles. The summed E-state index contributed by atoms with van der Waals surface area (Å²) in [5.74, 6) is 0. The molecule has 0 heterocycles. The Morgan fingerprint density at radius 1 is 1.07 bits per heavy atom. The van der Waals surface area contributed by atoms with Crippen LogP contribution in [-0.2, 0) is 4.74 Å². The van der Waals surface area contributed by atoms with Crippen LogP contribution in [0.2, 0.25) is 0 Å². The highest BCUT2D eigenvalue weighted by Gasteiger charge is 2.13. The summed E-state index contributed by atoms with van der Waals surface area (Å²) in [4.78, 5) is 10.5. The molecule has 1 saturated carbocycles. The van der Waals surface area contributed by atoms with E-state index in [0.717, 1.165) is 0 Å². The second-order valence-electron chi connectivity index (χ2n) is 4.52. The predicted molar refractivity (Wildman–Crippen MR) is 58.4 cm³/mol. The first-order valence-corrected chi connectivity index (χ1v) is 5.36. The molecule has 14 heavy (non-hydrogen) atoms. The summed E-state index contributed by atoms with van der Waals surface area (Å²) in [6, 6.07) is 0. The minimum atomic E-state index is -0.389. The number of rotatable bonds is 0. The summed E-state index contributed by atoms with van der Waals surface area (Å²) in [5.41, 5.74) is -0.389. The first kappa shape index (κ1) is 13.3. The third-order valence-corrected chi connectivity index (χ3v) is 1.85. The topological polar surface area (TPSA) is 38.3 Å². The minimum Gasteiger partial charge on any atom is -0.444 e. The normalized spacial score (nSPS) is 15.4. The number of amides is 1. The average molecular weight is 201 g/mol. The van der Waals surface area contributed by atoms with Gasteiger partial charge in [-0.1, -0.05) is 32.1 Å². The van der Waals surface area contributed by atoms with Crippen molar-refractivity contribution >= 4 is 6.09 Å². The Hall–Kier alpha value is -0.730. The van der Waals surface area contributed by atoms with E-state index in [1.54, 1.807) is 0 Å². The average Bonchev–Trinajstić information content (AvgIpc) is 2.57. The summed E-state index contributed by atoms with van der Waals surface area (Å²) in [5, 5.41) is 2.36. The number of alkyl carbamates (subject to hydrolysis) is 1. The van der Waals surface area contributed by atoms with Crippen LogP contribution in [0.4, 0.5) is 4.79 Å². The maximum absolute atomic E-state index is 10.5. The van der Waals surface area contributed by atoms with Gasteiger partial charge >= 0.3 is 6.09 Å². The molecular weight excluding hydrogens is 178 g/mol. The van der Waals surface area contributed by atoms with E-state index in [0.29, 0.717) is 0 Å². The second kappa shape index (κ2) is 6.68. The lowest BCUT2D eigenvalue weighted by molar-refractivity contribution is 0.0541. The lowest BCUT2D eigenvalue weighted by Crippen LogP contribution is -2.30. The summed E-state index contributed by atoms with van der Waals surface area (Å²) in [6.45, 7) is 5.46. The molecule has 1 rings (SSSR count). The highest BCUT2D eigenvalue weighted by molar-refractivity contribution is 5.67. The lowest BCUT2D eigenvalue weighted by Gasteiger charge is -2.18. The molecule has 0 unspecified atom stereocenters. The van der Waals surface area contributed by atoms with Gasteiger partial charge in [0.25, 0.3) is 0 Å². The van der Waals surface area contributed by atoms with Gasteiger partial charge in [-0.2, -0.15) is 0 Å². The number of carbonyl (C=O) groups excluding carboxylic acids is 1. The van der Waals surface area contributed by atoms with E-state index in [-0.39, 0.29) is 11.7 Å². The van der Waals surface area contributed by atoms with Crippen LogP contribution in [0.3, 0.4) is 0 Å². The van der Waals surface area contributed by atoms with E-state index < -0.39 is 0 Å². The van der Waals surface area contributed by atoms with Crippen molar-refractivity contribution in [1.29, 1.82) is 0 Å². The molecule has 0 bridgehead atoms. The summed E-state index contributed by atoms with van der Waals surface area (Å²) >= 11 is 0. The van der Waals surface area contributed by atoms with Crippen molar-refractivity contribution in [2.75, 3.05) is 7.05 Å². The highest BCUT2D eigenvalue weighted by Crippen LogP contribution is 2.15. The second-order valence-corrected chi connectivity index (χ2v) is 4.52. The smallest absolute Gasteiger partial charge is 0.407 e. The Balaban J connectivity index is 0.000000280. The quantitative estimate of drug-likeness (QED) is 0.654. The molecule has 0 aromatic rings. The van der Waals surface area contributed by atoms with Gasteiger partial charge in [-0.3, -0.25) is 0 Å². The SMILES string of the molecule is C1CCCC1.CNC(=O)OC(C)(C)C. The molecule has 1 N–H and O–H groups in total. The van der Waals surface area contributed by atoms with E-state index in [2.05, 4.69) is 5.32 Å². The number of ether oxygens (including phenoxy) is 1. The fourth-order valence-corrected chi connectivity index (χ4v) is 1.21. The minimum absolute atomic E-state index is 0.387. The third kappa shape index (κ3) is 9.36. The lowest BCUT2D eigenvalue weighted by atomic mass is 10.2. The van der Waals surface area contributed by atoms with Crippen LogP contribution < -0.4 is 5.32 Å². The molecule has 1 aliphatic rings. The van der Waals surface area contributed by atoms with Gasteiger partial charge in [0.1, 0.15) is 5.60 Å². The number of nitrogens with one attached hydrogen (secondary N) is 1. The molecular formula is C11H23NO2. The summed E-state index contributed by atoms with van der Waals surface area (Å²) in [6.07, 6.45) is 7.11. The Labute approximate surface area is 87.2 Å². The summed E-state index contributed by atoms with van der Waals surface area (Å²) < 4.78 is 4.84. The van der Waals surface area contributed by atoms with Crippen molar-refractivity contribution in [2.24, 2.45) is 0 Å². The van der Waals surface area contributed by atoms with Crippen LogP contribution in [0.1, 0.15) is 52.9 Å². The van der Waals surface area contributed by atoms with Crippen LogP contribution in [0.5, 0.6) is 0 Å². The van der Waals surface area contributed by atoms with Crippen LogP contribution in [0, 0.1) is 0 Å². The van der Waals surface area contributed by atoms with Crippen LogP contribution in [-0.4, -0.2) is 18.7 Å². The largest absolute Gasteiger partial charge is 0.444 e. The number of carbonyl (C=O) groups is 1. The van der Waals surface area contributed by atoms with E-state index in [4.69, 9.17) is 4.74 Å². The van der Waals surface area contributed by atoms with Crippen LogP contribution in [0.15, 0.2) is 0 Å². The van der Waals surface area contributed by atoms with Gasteiger partial charge in [-0.15, -0.1) is 0 Å². The van der Waals surface area contributed by atoms with E-state index in [1.165, 1.54) is 39.2 Å². The zero-order chi connectivity index (χ0) is 11.0. The first-order chi connectivity index (χ1) is 6.45. The van der Waals surface area contributed by atoms with E-state index in [1.807, 2.05) is 20.8 Å². The van der Waals surface area contributed by atoms with Crippen molar-refractivity contribution in [3.63, 3.8) is 0 Å². The molecule has 1 fully saturated rings. The van der Waals surface area contributed by atoms with E-state index in [9.17, 15) is 4.79 Å². The van der Waals surface area contributed by atoms with Gasteiger partial charge in [-0.05, 0) is 20.8 Å². The Bertz CT molecular complexity index is 150. The molecule has 3 heteroatoms. The van der Waals surface area contributed by atoms with Gasteiger partial charge in [0.05, 0.1) is 0 Å². The number of hydrogen-bond donors (Lipinski definition) is 1. The third-order valence-electron chi connectivity index (χ3n) is 1.85. The first-order valence-electron chi connectivity index (χ1n) is 5.36. The summed E-state index contributed by atoms with van der Waals surface area (Å²) in [7, 11) is 1.54. The fourth-order valence-electron chi connectivity index (χ4n) is 1.21. The molecule has 0 saturated heterocycles. The van der Waals surface area contributed by atoms with Crippen LogP contribution >= 0.6 is 0 Å².